The largest absolute Gasteiger partial charge is 0.376 e. The molecule has 0 aromatic heterocycles. The third-order valence-corrected chi connectivity index (χ3v) is 3.57. The molecule has 0 aliphatic heterocycles. The van der Waals surface area contributed by atoms with Crippen molar-refractivity contribution in [2.75, 3.05) is 0 Å². The van der Waals surface area contributed by atoms with Crippen LogP contribution in [0.5, 0.6) is 0 Å². The summed E-state index contributed by atoms with van der Waals surface area (Å²) in [7, 11) is 1.37. The van der Waals surface area contributed by atoms with Gasteiger partial charge in [0.05, 0.1) is 12.2 Å². The van der Waals surface area contributed by atoms with Crippen molar-refractivity contribution < 1.29 is 4.74 Å². The Balaban J connectivity index is 2.31. The van der Waals surface area contributed by atoms with Crippen LogP contribution in [0.4, 0.5) is 0 Å². The maximum absolute atomic E-state index is 5.95. The van der Waals surface area contributed by atoms with Crippen molar-refractivity contribution in [2.24, 2.45) is 0 Å². The Hall–Kier alpha value is 0.0249. The zero-order valence-electron chi connectivity index (χ0n) is 10.8. The summed E-state index contributed by atoms with van der Waals surface area (Å²) in [5, 5.41) is 0. The molecule has 0 amide bonds. The molecule has 0 radical (unpaired) electrons. The second kappa shape index (κ2) is 7.32. The third kappa shape index (κ3) is 5.60. The molecule has 1 aliphatic carbocycles. The van der Waals surface area contributed by atoms with E-state index in [1.165, 1.54) is 52.2 Å². The van der Waals surface area contributed by atoms with E-state index in [-0.39, 0.29) is 0 Å². The minimum absolute atomic E-state index is 0.401. The zero-order chi connectivity index (χ0) is 11.1. The van der Waals surface area contributed by atoms with Crippen molar-refractivity contribution in [1.82, 2.24) is 0 Å². The van der Waals surface area contributed by atoms with Crippen molar-refractivity contribution in [2.45, 2.75) is 83.6 Å². The van der Waals surface area contributed by atoms with Crippen LogP contribution in [0, 0.1) is 0 Å². The summed E-state index contributed by atoms with van der Waals surface area (Å²) in [6, 6.07) is 0. The maximum atomic E-state index is 5.95. The van der Waals surface area contributed by atoms with E-state index >= 15 is 0 Å². The highest BCUT2D eigenvalue weighted by atomic mass is 16.5. The Morgan fingerprint density at radius 3 is 2.27 bits per heavy atom. The van der Waals surface area contributed by atoms with Crippen molar-refractivity contribution in [1.29, 1.82) is 0 Å². The lowest BCUT2D eigenvalue weighted by atomic mass is 9.63. The Bertz CT molecular complexity index is 159. The van der Waals surface area contributed by atoms with Gasteiger partial charge in [-0.25, -0.2) is 0 Å². The predicted octanol–water partition coefficient (Wildman–Crippen LogP) is 3.80. The maximum Gasteiger partial charge on any atom is 0.120 e. The van der Waals surface area contributed by atoms with Crippen LogP contribution >= 0.6 is 0 Å². The van der Waals surface area contributed by atoms with Crippen LogP contribution in [0.25, 0.3) is 0 Å². The fraction of sp³-hybridized carbons (Fsp3) is 1.00. The number of ether oxygens (including phenoxy) is 1. The molecule has 15 heavy (non-hydrogen) atoms. The lowest BCUT2D eigenvalue weighted by Crippen LogP contribution is -2.17. The third-order valence-electron chi connectivity index (χ3n) is 3.57. The molecule has 1 aliphatic rings. The monoisotopic (exact) mass is 210 g/mol. The summed E-state index contributed by atoms with van der Waals surface area (Å²) >= 11 is 0. The predicted molar refractivity (Wildman–Crippen MR) is 69.1 cm³/mol. The normalized spacial score (nSPS) is 29.3. The van der Waals surface area contributed by atoms with Crippen LogP contribution in [-0.2, 0) is 4.74 Å². The van der Waals surface area contributed by atoms with Crippen molar-refractivity contribution in [3.63, 3.8) is 0 Å². The van der Waals surface area contributed by atoms with Crippen LogP contribution in [-0.4, -0.2) is 19.5 Å². The van der Waals surface area contributed by atoms with Crippen LogP contribution in [0.2, 0.25) is 12.6 Å². The molecule has 0 spiro atoms. The first-order chi connectivity index (χ1) is 7.22. The standard InChI is InChI=1S/C13H27BO/c1-11(2)15-13-9-5-4-7-12(14-3)8-6-10-13/h11-14H,4-10H2,1-3H3. The zero-order valence-corrected chi connectivity index (χ0v) is 10.8. The summed E-state index contributed by atoms with van der Waals surface area (Å²) in [4.78, 5) is 0. The summed E-state index contributed by atoms with van der Waals surface area (Å²) in [6.07, 6.45) is 10.5. The molecule has 1 saturated carbocycles. The van der Waals surface area contributed by atoms with Crippen LogP contribution in [0.15, 0.2) is 0 Å². The molecule has 0 N–H and O–H groups in total. The average Bonchev–Trinajstić information content (AvgIpc) is 2.29. The minimum Gasteiger partial charge on any atom is -0.376 e. The first-order valence-electron chi connectivity index (χ1n) is 6.87. The summed E-state index contributed by atoms with van der Waals surface area (Å²) in [5.74, 6) is 0.989. The van der Waals surface area contributed by atoms with E-state index in [9.17, 15) is 0 Å². The molecule has 0 aromatic carbocycles. The molecule has 0 bridgehead atoms. The lowest BCUT2D eigenvalue weighted by Gasteiger charge is -2.19. The molecule has 2 heteroatoms. The first-order valence-corrected chi connectivity index (χ1v) is 6.87. The quantitative estimate of drug-likeness (QED) is 0.644. The first kappa shape index (κ1) is 13.1. The van der Waals surface area contributed by atoms with E-state index in [0.29, 0.717) is 12.2 Å². The van der Waals surface area contributed by atoms with E-state index < -0.39 is 0 Å². The molecule has 0 saturated heterocycles. The smallest absolute Gasteiger partial charge is 0.120 e. The van der Waals surface area contributed by atoms with Crippen LogP contribution in [0.3, 0.4) is 0 Å². The van der Waals surface area contributed by atoms with E-state index in [1.807, 2.05) is 0 Å². The van der Waals surface area contributed by atoms with Gasteiger partial charge in [-0.3, -0.25) is 0 Å². The van der Waals surface area contributed by atoms with Gasteiger partial charge < -0.3 is 4.74 Å². The van der Waals surface area contributed by atoms with Crippen molar-refractivity contribution >= 4 is 7.28 Å². The van der Waals surface area contributed by atoms with Gasteiger partial charge in [-0.05, 0) is 26.7 Å². The van der Waals surface area contributed by atoms with Gasteiger partial charge in [-0.15, -0.1) is 0 Å². The Morgan fingerprint density at radius 2 is 1.60 bits per heavy atom. The van der Waals surface area contributed by atoms with E-state index in [0.717, 1.165) is 5.82 Å². The van der Waals surface area contributed by atoms with Gasteiger partial charge in [0.15, 0.2) is 0 Å². The summed E-state index contributed by atoms with van der Waals surface area (Å²) < 4.78 is 5.95. The number of hydrogen-bond acceptors (Lipinski definition) is 1. The Kier molecular flexibility index (Phi) is 6.39. The van der Waals surface area contributed by atoms with Gasteiger partial charge >= 0.3 is 0 Å². The molecule has 2 atom stereocenters. The van der Waals surface area contributed by atoms with Crippen LogP contribution < -0.4 is 0 Å². The SMILES string of the molecule is CBC1CCCCC(OC(C)C)CCC1. The Morgan fingerprint density at radius 1 is 1.00 bits per heavy atom. The lowest BCUT2D eigenvalue weighted by molar-refractivity contribution is -0.00300. The highest BCUT2D eigenvalue weighted by Gasteiger charge is 2.15. The molecule has 2 unspecified atom stereocenters. The van der Waals surface area contributed by atoms with Gasteiger partial charge in [0.2, 0.25) is 0 Å². The molecule has 1 fully saturated rings. The fourth-order valence-electron chi connectivity index (χ4n) is 2.66. The number of hydrogen-bond donors (Lipinski definition) is 0. The molecule has 88 valence electrons. The summed E-state index contributed by atoms with van der Waals surface area (Å²) in [6.45, 7) is 6.65. The number of rotatable bonds is 3. The molecule has 1 nitrogen and oxygen atoms in total. The topological polar surface area (TPSA) is 9.23 Å². The highest BCUT2D eigenvalue weighted by Crippen LogP contribution is 2.26. The van der Waals surface area contributed by atoms with Crippen molar-refractivity contribution in [3.8, 4) is 0 Å². The van der Waals surface area contributed by atoms with Gasteiger partial charge in [0, 0.05) is 0 Å². The molecular formula is C13H27BO. The van der Waals surface area contributed by atoms with Gasteiger partial charge in [0.1, 0.15) is 7.28 Å². The fourth-order valence-corrected chi connectivity index (χ4v) is 2.66. The summed E-state index contributed by atoms with van der Waals surface area (Å²) in [5.41, 5.74) is 0. The Labute approximate surface area is 96.2 Å². The van der Waals surface area contributed by atoms with Gasteiger partial charge in [-0.1, -0.05) is 44.7 Å². The van der Waals surface area contributed by atoms with E-state index in [1.54, 1.807) is 0 Å². The van der Waals surface area contributed by atoms with Gasteiger partial charge in [-0.2, -0.15) is 0 Å². The van der Waals surface area contributed by atoms with E-state index in [4.69, 9.17) is 4.74 Å². The van der Waals surface area contributed by atoms with Crippen LogP contribution in [0.1, 0.15) is 58.8 Å². The minimum atomic E-state index is 0.401. The second-order valence-electron chi connectivity index (χ2n) is 5.30. The molecule has 0 heterocycles. The second-order valence-corrected chi connectivity index (χ2v) is 5.30. The molecule has 0 aromatic rings. The molecule has 1 rings (SSSR count). The van der Waals surface area contributed by atoms with E-state index in [2.05, 4.69) is 20.7 Å². The van der Waals surface area contributed by atoms with Gasteiger partial charge in [0.25, 0.3) is 0 Å². The highest BCUT2D eigenvalue weighted by molar-refractivity contribution is 6.35. The van der Waals surface area contributed by atoms with Crippen molar-refractivity contribution in [3.05, 3.63) is 0 Å². The molecular weight excluding hydrogens is 183 g/mol. The average molecular weight is 210 g/mol.